The van der Waals surface area contributed by atoms with Gasteiger partial charge < -0.3 is 15.6 Å². The van der Waals surface area contributed by atoms with Crippen molar-refractivity contribution in [3.8, 4) is 0 Å². The van der Waals surface area contributed by atoms with Crippen molar-refractivity contribution in [1.82, 2.24) is 0 Å². The number of Topliss-reactive ketones (excluding diaryl/α,β-unsaturated/α-hetero) is 1. The molecule has 0 aromatic carbocycles. The number of ether oxygens (including phenoxy) is 1. The molecule has 1 atom stereocenters. The normalized spacial score (nSPS) is 15.2. The van der Waals surface area contributed by atoms with Gasteiger partial charge in [0.25, 0.3) is 0 Å². The molecule has 0 radical (unpaired) electrons. The summed E-state index contributed by atoms with van der Waals surface area (Å²) in [5.74, 6) is -0.513. The summed E-state index contributed by atoms with van der Waals surface area (Å²) < 4.78 is 4.91. The van der Waals surface area contributed by atoms with Crippen LogP contribution in [0, 0.1) is 11.3 Å². The van der Waals surface area contributed by atoms with Gasteiger partial charge in [0.15, 0.2) is 5.78 Å². The van der Waals surface area contributed by atoms with Gasteiger partial charge in [0.2, 0.25) is 0 Å². The van der Waals surface area contributed by atoms with Crippen LogP contribution in [0.5, 0.6) is 0 Å². The van der Waals surface area contributed by atoms with Crippen LogP contribution in [0.25, 0.3) is 0 Å². The Morgan fingerprint density at radius 3 is 2.16 bits per heavy atom. The fourth-order valence-corrected chi connectivity index (χ4v) is 1.79. The van der Waals surface area contributed by atoms with Crippen LogP contribution in [-0.4, -0.2) is 35.6 Å². The number of carbonyl (C=O) groups is 2. The first-order chi connectivity index (χ1) is 8.54. The molecule has 0 aromatic rings. The lowest BCUT2D eigenvalue weighted by molar-refractivity contribution is -0.155. The van der Waals surface area contributed by atoms with E-state index < -0.39 is 11.0 Å². The molecule has 0 rings (SSSR count). The van der Waals surface area contributed by atoms with Gasteiger partial charge in [0, 0.05) is 5.92 Å². The molecule has 1 unspecified atom stereocenters. The molecule has 5 nitrogen and oxygen atoms in total. The van der Waals surface area contributed by atoms with Gasteiger partial charge in [-0.25, -0.2) is 0 Å². The van der Waals surface area contributed by atoms with Crippen LogP contribution >= 0.6 is 0 Å². The van der Waals surface area contributed by atoms with E-state index in [1.54, 1.807) is 20.8 Å². The smallest absolute Gasteiger partial charge is 0.311 e. The predicted octanol–water partition coefficient (Wildman–Crippen LogP) is 1.27. The van der Waals surface area contributed by atoms with Crippen LogP contribution in [0.1, 0.15) is 47.5 Å². The van der Waals surface area contributed by atoms with Gasteiger partial charge in [-0.2, -0.15) is 0 Å². The summed E-state index contributed by atoms with van der Waals surface area (Å²) in [5, 5.41) is 8.63. The second-order valence-electron chi connectivity index (χ2n) is 6.18. The molecular formula is C14H27NO4. The van der Waals surface area contributed by atoms with E-state index in [4.69, 9.17) is 15.6 Å². The highest BCUT2D eigenvalue weighted by molar-refractivity contribution is 5.89. The van der Waals surface area contributed by atoms with Crippen molar-refractivity contribution < 1.29 is 19.4 Å². The molecule has 0 aliphatic heterocycles. The van der Waals surface area contributed by atoms with Crippen molar-refractivity contribution in [1.29, 1.82) is 0 Å². The monoisotopic (exact) mass is 273 g/mol. The Morgan fingerprint density at radius 1 is 1.21 bits per heavy atom. The van der Waals surface area contributed by atoms with Crippen LogP contribution in [0.15, 0.2) is 0 Å². The third-order valence-electron chi connectivity index (χ3n) is 3.23. The molecule has 5 heteroatoms. The second kappa shape index (κ2) is 7.01. The van der Waals surface area contributed by atoms with Gasteiger partial charge >= 0.3 is 5.97 Å². The lowest BCUT2D eigenvalue weighted by atomic mass is 9.79. The summed E-state index contributed by atoms with van der Waals surface area (Å²) in [6.07, 6.45) is 0.883. The van der Waals surface area contributed by atoms with Crippen molar-refractivity contribution in [2.24, 2.45) is 17.1 Å². The lowest BCUT2D eigenvalue weighted by Crippen LogP contribution is -2.48. The van der Waals surface area contributed by atoms with Crippen molar-refractivity contribution in [3.63, 3.8) is 0 Å². The molecule has 0 heterocycles. The first kappa shape index (κ1) is 18.1. The standard InChI is InChI=1S/C14H27NO4/c1-10(2)11(17)14(5,15)7-6-13(3,4)12(18)19-9-8-16/h10,16H,6-9,15H2,1-5H3. The topological polar surface area (TPSA) is 89.6 Å². The molecule has 0 spiro atoms. The highest BCUT2D eigenvalue weighted by atomic mass is 16.5. The number of aliphatic hydroxyl groups is 1. The molecule has 112 valence electrons. The first-order valence-electron chi connectivity index (χ1n) is 6.66. The zero-order valence-electron chi connectivity index (χ0n) is 12.7. The second-order valence-corrected chi connectivity index (χ2v) is 6.18. The maximum atomic E-state index is 11.9. The first-order valence-corrected chi connectivity index (χ1v) is 6.66. The van der Waals surface area contributed by atoms with Crippen molar-refractivity contribution >= 4 is 11.8 Å². The van der Waals surface area contributed by atoms with E-state index in [0.29, 0.717) is 12.8 Å². The number of nitrogens with two attached hydrogens (primary N) is 1. The zero-order chi connectivity index (χ0) is 15.3. The quantitative estimate of drug-likeness (QED) is 0.650. The average Bonchev–Trinajstić information content (AvgIpc) is 2.32. The fourth-order valence-electron chi connectivity index (χ4n) is 1.79. The molecule has 0 fully saturated rings. The minimum absolute atomic E-state index is 0.00686. The van der Waals surface area contributed by atoms with Gasteiger partial charge in [0.1, 0.15) is 6.61 Å². The summed E-state index contributed by atoms with van der Waals surface area (Å²) in [6.45, 7) is 8.63. The number of carbonyl (C=O) groups excluding carboxylic acids is 2. The molecule has 0 aliphatic rings. The Bertz CT molecular complexity index is 321. The highest BCUT2D eigenvalue weighted by Crippen LogP contribution is 2.28. The molecule has 0 aromatic heterocycles. The van der Waals surface area contributed by atoms with Crippen LogP contribution in [-0.2, 0) is 14.3 Å². The Balaban J connectivity index is 4.52. The third-order valence-corrected chi connectivity index (χ3v) is 3.23. The lowest BCUT2D eigenvalue weighted by Gasteiger charge is -2.29. The number of aliphatic hydroxyl groups excluding tert-OH is 1. The van der Waals surface area contributed by atoms with Gasteiger partial charge in [-0.15, -0.1) is 0 Å². The van der Waals surface area contributed by atoms with Crippen LogP contribution < -0.4 is 5.73 Å². The summed E-state index contributed by atoms with van der Waals surface area (Å²) in [7, 11) is 0. The SMILES string of the molecule is CC(C)C(=O)C(C)(N)CCC(C)(C)C(=O)OCCO. The number of ketones is 1. The average molecular weight is 273 g/mol. The summed E-state index contributed by atoms with van der Waals surface area (Å²) >= 11 is 0. The molecule has 3 N–H and O–H groups in total. The van der Waals surface area contributed by atoms with Crippen molar-refractivity contribution in [3.05, 3.63) is 0 Å². The van der Waals surface area contributed by atoms with E-state index in [1.165, 1.54) is 0 Å². The van der Waals surface area contributed by atoms with Gasteiger partial charge in [-0.05, 0) is 33.6 Å². The number of esters is 1. The number of hydrogen-bond donors (Lipinski definition) is 2. The van der Waals surface area contributed by atoms with Crippen LogP contribution in [0.3, 0.4) is 0 Å². The Hall–Kier alpha value is -0.940. The van der Waals surface area contributed by atoms with E-state index in [2.05, 4.69) is 0 Å². The molecule has 0 amide bonds. The number of hydrogen-bond acceptors (Lipinski definition) is 5. The molecule has 19 heavy (non-hydrogen) atoms. The molecule has 0 aliphatic carbocycles. The van der Waals surface area contributed by atoms with E-state index in [1.807, 2.05) is 13.8 Å². The summed E-state index contributed by atoms with van der Waals surface area (Å²) in [4.78, 5) is 23.7. The maximum Gasteiger partial charge on any atom is 0.311 e. The van der Waals surface area contributed by atoms with E-state index >= 15 is 0 Å². The molecular weight excluding hydrogens is 246 g/mol. The predicted molar refractivity (Wildman–Crippen MR) is 73.5 cm³/mol. The summed E-state index contributed by atoms with van der Waals surface area (Å²) in [6, 6.07) is 0. The van der Waals surface area contributed by atoms with E-state index in [9.17, 15) is 9.59 Å². The van der Waals surface area contributed by atoms with Gasteiger partial charge in [0.05, 0.1) is 17.6 Å². The van der Waals surface area contributed by atoms with E-state index in [-0.39, 0.29) is 30.9 Å². The van der Waals surface area contributed by atoms with E-state index in [0.717, 1.165) is 0 Å². The minimum Gasteiger partial charge on any atom is -0.463 e. The minimum atomic E-state index is -0.928. The summed E-state index contributed by atoms with van der Waals surface area (Å²) in [5.41, 5.74) is 4.38. The zero-order valence-corrected chi connectivity index (χ0v) is 12.7. The molecule has 0 bridgehead atoms. The Labute approximate surface area is 115 Å². The Morgan fingerprint density at radius 2 is 1.74 bits per heavy atom. The largest absolute Gasteiger partial charge is 0.463 e. The maximum absolute atomic E-state index is 11.9. The van der Waals surface area contributed by atoms with Crippen molar-refractivity contribution in [2.75, 3.05) is 13.2 Å². The fraction of sp³-hybridized carbons (Fsp3) is 0.857. The van der Waals surface area contributed by atoms with Crippen molar-refractivity contribution in [2.45, 2.75) is 53.0 Å². The van der Waals surface area contributed by atoms with Crippen LogP contribution in [0.4, 0.5) is 0 Å². The third kappa shape index (κ3) is 5.70. The molecule has 0 saturated carbocycles. The van der Waals surface area contributed by atoms with Gasteiger partial charge in [-0.3, -0.25) is 9.59 Å². The Kier molecular flexibility index (Phi) is 6.66. The number of rotatable bonds is 8. The van der Waals surface area contributed by atoms with Gasteiger partial charge in [-0.1, -0.05) is 13.8 Å². The van der Waals surface area contributed by atoms with Crippen LogP contribution in [0.2, 0.25) is 0 Å². The molecule has 0 saturated heterocycles. The highest BCUT2D eigenvalue weighted by Gasteiger charge is 2.35.